The maximum absolute atomic E-state index is 11.8. The summed E-state index contributed by atoms with van der Waals surface area (Å²) in [6.45, 7) is 2.94. The Morgan fingerprint density at radius 1 is 1.21 bits per heavy atom. The lowest BCUT2D eigenvalue weighted by molar-refractivity contribution is -0.147. The van der Waals surface area contributed by atoms with E-state index in [-0.39, 0.29) is 56.0 Å². The van der Waals surface area contributed by atoms with E-state index in [0.29, 0.717) is 0 Å². The van der Waals surface area contributed by atoms with E-state index in [9.17, 15) is 25.2 Å². The second-order valence-corrected chi connectivity index (χ2v) is 7.61. The highest BCUT2D eigenvalue weighted by molar-refractivity contribution is 6.29. The lowest BCUT2D eigenvalue weighted by Gasteiger charge is -2.29. The molecule has 150 valence electrons. The summed E-state index contributed by atoms with van der Waals surface area (Å²) in [4.78, 5) is 11.8. The van der Waals surface area contributed by atoms with Crippen LogP contribution in [0.2, 0.25) is 0 Å². The Hall–Kier alpha value is -3.30. The van der Waals surface area contributed by atoms with Gasteiger partial charge in [0.05, 0.1) is 10.9 Å². The summed E-state index contributed by atoms with van der Waals surface area (Å²) in [6.07, 6.45) is -2.79. The monoisotopic (exact) mass is 398 g/mol. The molecule has 1 heterocycles. The van der Waals surface area contributed by atoms with Crippen LogP contribution in [0, 0.1) is 0 Å². The molecule has 29 heavy (non-hydrogen) atoms. The van der Waals surface area contributed by atoms with Crippen molar-refractivity contribution < 1.29 is 34.7 Å². The van der Waals surface area contributed by atoms with E-state index in [2.05, 4.69) is 5.10 Å². The maximum atomic E-state index is 11.8. The molecule has 4 atom stereocenters. The fraction of sp³-hybridized carbons (Fsp3) is 0.300. The van der Waals surface area contributed by atoms with Crippen LogP contribution in [0.25, 0.3) is 16.3 Å². The van der Waals surface area contributed by atoms with E-state index in [1.165, 1.54) is 25.1 Å². The highest BCUT2D eigenvalue weighted by Gasteiger charge is 2.69. The number of aliphatic hydroxyl groups is 1. The van der Waals surface area contributed by atoms with Crippen molar-refractivity contribution >= 4 is 28.0 Å². The Morgan fingerprint density at radius 3 is 2.59 bits per heavy atom. The molecule has 0 amide bonds. The number of nitrogens with zero attached hydrogens (tertiary/aromatic N) is 1. The van der Waals surface area contributed by atoms with Gasteiger partial charge in [0.15, 0.2) is 6.10 Å². The number of carbonyl (C=O) groups excluding carboxylic acids is 1. The number of hydrogen-bond donors (Lipinski definition) is 5. The second kappa shape index (κ2) is 5.40. The smallest absolute Gasteiger partial charge is 0.303 e. The van der Waals surface area contributed by atoms with Crippen molar-refractivity contribution in [3.8, 4) is 17.2 Å². The molecule has 2 aromatic rings. The van der Waals surface area contributed by atoms with E-state index >= 15 is 0 Å². The number of rotatable bonds is 1. The molecule has 0 saturated carbocycles. The van der Waals surface area contributed by atoms with Crippen LogP contribution >= 0.6 is 0 Å². The third-order valence-corrected chi connectivity index (χ3v) is 5.98. The first-order chi connectivity index (χ1) is 13.7. The number of hydrogen-bond acceptors (Lipinski definition) is 9. The first-order valence-corrected chi connectivity index (χ1v) is 8.98. The Morgan fingerprint density at radius 2 is 1.93 bits per heavy atom. The average Bonchev–Trinajstić information content (AvgIpc) is 3.25. The number of fused-ring (bicyclic) bond motifs is 4. The van der Waals surface area contributed by atoms with Crippen LogP contribution in [0.4, 0.5) is 0 Å². The maximum Gasteiger partial charge on any atom is 0.303 e. The number of carbonyl (C=O) groups is 1. The number of esters is 1. The molecule has 0 radical (unpaired) electrons. The molecule has 0 spiro atoms. The Bertz CT molecular complexity index is 1190. The van der Waals surface area contributed by atoms with Gasteiger partial charge in [-0.1, -0.05) is 12.1 Å². The predicted molar refractivity (Wildman–Crippen MR) is 101 cm³/mol. The van der Waals surface area contributed by atoms with Crippen LogP contribution in [0.5, 0.6) is 17.2 Å². The van der Waals surface area contributed by atoms with Crippen molar-refractivity contribution in [1.82, 2.24) is 0 Å². The third kappa shape index (κ3) is 2.00. The highest BCUT2D eigenvalue weighted by Crippen LogP contribution is 2.60. The topological polar surface area (TPSA) is 158 Å². The summed E-state index contributed by atoms with van der Waals surface area (Å²) in [7, 11) is 0. The summed E-state index contributed by atoms with van der Waals surface area (Å²) in [5, 5.41) is 47.2. The van der Waals surface area contributed by atoms with E-state index in [4.69, 9.17) is 15.3 Å². The molecule has 0 bridgehead atoms. The molecule has 1 fully saturated rings. The SMILES string of the molecule is CC(=O)OC1C2=C(c3c(c(O)c4c(O)cccc4c3O)C2=NN)C(O)C2OC12C. The van der Waals surface area contributed by atoms with Gasteiger partial charge in [-0.25, -0.2) is 0 Å². The summed E-state index contributed by atoms with van der Waals surface area (Å²) in [6, 6.07) is 4.42. The summed E-state index contributed by atoms with van der Waals surface area (Å²) >= 11 is 0. The van der Waals surface area contributed by atoms with Gasteiger partial charge in [-0.2, -0.15) is 5.10 Å². The zero-order valence-corrected chi connectivity index (χ0v) is 15.5. The van der Waals surface area contributed by atoms with Crippen molar-refractivity contribution in [3.63, 3.8) is 0 Å². The molecular formula is C20H18N2O7. The second-order valence-electron chi connectivity index (χ2n) is 7.61. The predicted octanol–water partition coefficient (Wildman–Crippen LogP) is 0.850. The van der Waals surface area contributed by atoms with E-state index in [0.717, 1.165) is 0 Å². The molecule has 9 heteroatoms. The molecule has 2 aromatic carbocycles. The van der Waals surface area contributed by atoms with Gasteiger partial charge in [0.1, 0.15) is 40.8 Å². The fourth-order valence-electron chi connectivity index (χ4n) is 4.69. The number of hydrazone groups is 1. The van der Waals surface area contributed by atoms with Gasteiger partial charge in [0, 0.05) is 29.0 Å². The van der Waals surface area contributed by atoms with Gasteiger partial charge in [0.2, 0.25) is 0 Å². The third-order valence-electron chi connectivity index (χ3n) is 5.98. The number of aromatic hydroxyl groups is 3. The Kier molecular flexibility index (Phi) is 3.31. The number of nitrogens with two attached hydrogens (primary N) is 1. The zero-order chi connectivity index (χ0) is 20.8. The van der Waals surface area contributed by atoms with Crippen LogP contribution in [0.1, 0.15) is 25.0 Å². The molecule has 2 aliphatic carbocycles. The first kappa shape index (κ1) is 17.8. The number of ether oxygens (including phenoxy) is 2. The fourth-order valence-corrected chi connectivity index (χ4v) is 4.69. The Labute approximate surface area is 164 Å². The molecule has 9 nitrogen and oxygen atoms in total. The number of benzene rings is 2. The molecular weight excluding hydrogens is 380 g/mol. The van der Waals surface area contributed by atoms with E-state index in [1.54, 1.807) is 6.92 Å². The molecule has 6 N–H and O–H groups in total. The van der Waals surface area contributed by atoms with Crippen LogP contribution in [-0.4, -0.2) is 56.0 Å². The van der Waals surface area contributed by atoms with E-state index < -0.39 is 29.9 Å². The Balaban J connectivity index is 1.88. The van der Waals surface area contributed by atoms with Crippen LogP contribution in [-0.2, 0) is 14.3 Å². The van der Waals surface area contributed by atoms with Gasteiger partial charge < -0.3 is 35.7 Å². The van der Waals surface area contributed by atoms with Crippen molar-refractivity contribution in [1.29, 1.82) is 0 Å². The van der Waals surface area contributed by atoms with Gasteiger partial charge in [-0.15, -0.1) is 0 Å². The minimum Gasteiger partial charge on any atom is -0.507 e. The molecule has 0 aromatic heterocycles. The lowest BCUT2D eigenvalue weighted by Crippen LogP contribution is -2.44. The first-order valence-electron chi connectivity index (χ1n) is 8.98. The molecule has 5 rings (SSSR count). The number of aliphatic hydroxyl groups excluding tert-OH is 1. The number of phenolic OH excluding ortho intramolecular Hbond substituents is 3. The molecule has 4 unspecified atom stereocenters. The van der Waals surface area contributed by atoms with Crippen molar-refractivity contribution in [2.75, 3.05) is 0 Å². The van der Waals surface area contributed by atoms with Crippen molar-refractivity contribution in [2.24, 2.45) is 10.9 Å². The van der Waals surface area contributed by atoms with Crippen LogP contribution in [0.3, 0.4) is 0 Å². The summed E-state index contributed by atoms with van der Waals surface area (Å²) < 4.78 is 11.2. The lowest BCUT2D eigenvalue weighted by atomic mass is 9.80. The quantitative estimate of drug-likeness (QED) is 0.155. The number of epoxide rings is 1. The van der Waals surface area contributed by atoms with Gasteiger partial charge in [-0.05, 0) is 13.0 Å². The minimum absolute atomic E-state index is 0.0240. The van der Waals surface area contributed by atoms with Gasteiger partial charge in [0.25, 0.3) is 0 Å². The van der Waals surface area contributed by atoms with Crippen LogP contribution in [0.15, 0.2) is 28.9 Å². The largest absolute Gasteiger partial charge is 0.507 e. The normalized spacial score (nSPS) is 30.9. The average molecular weight is 398 g/mol. The highest BCUT2D eigenvalue weighted by atomic mass is 16.7. The van der Waals surface area contributed by atoms with Gasteiger partial charge >= 0.3 is 5.97 Å². The number of phenols is 3. The zero-order valence-electron chi connectivity index (χ0n) is 15.5. The standard InChI is InChI=1S/C20H18N2O7/c1-6(23)28-18-13-11(17(27)19-20(18,2)29-19)10-12(14(13)22-21)16(26)9-7(15(10)25)4-3-5-8(9)24/h3-5,17-19,24-27H,21H2,1-2H3. The molecule has 1 aliphatic heterocycles. The summed E-state index contributed by atoms with van der Waals surface area (Å²) in [5.74, 6) is 4.21. The van der Waals surface area contributed by atoms with Gasteiger partial charge in [-0.3, -0.25) is 4.79 Å². The van der Waals surface area contributed by atoms with Crippen molar-refractivity contribution in [3.05, 3.63) is 34.9 Å². The van der Waals surface area contributed by atoms with Crippen molar-refractivity contribution in [2.45, 2.75) is 37.8 Å². The van der Waals surface area contributed by atoms with E-state index in [1.807, 2.05) is 0 Å². The minimum atomic E-state index is -1.17. The van der Waals surface area contributed by atoms with Crippen LogP contribution < -0.4 is 5.84 Å². The molecule has 3 aliphatic rings. The molecule has 1 saturated heterocycles. The summed E-state index contributed by atoms with van der Waals surface area (Å²) in [5.41, 5.74) is -0.259.